The minimum absolute atomic E-state index is 0.0737. The van der Waals surface area contributed by atoms with Gasteiger partial charge in [-0.2, -0.15) is 0 Å². The summed E-state index contributed by atoms with van der Waals surface area (Å²) in [5, 5.41) is 0. The molecule has 0 unspecified atom stereocenters. The molecule has 5 heteroatoms. The third-order valence-corrected chi connectivity index (χ3v) is 5.40. The van der Waals surface area contributed by atoms with Crippen LogP contribution in [0.15, 0.2) is 24.3 Å². The first-order chi connectivity index (χ1) is 12.5. The van der Waals surface area contributed by atoms with Crippen LogP contribution in [-0.4, -0.2) is 54.4 Å². The SMILES string of the molecule is CC(C)C(=O)N1CCC(COc2ccc(C(=O)N3CCCC3)cc2)CC1. The molecule has 2 aliphatic heterocycles. The van der Waals surface area contributed by atoms with Gasteiger partial charge in [0.1, 0.15) is 5.75 Å². The second-order valence-electron chi connectivity index (χ2n) is 7.76. The molecule has 1 aromatic carbocycles. The van der Waals surface area contributed by atoms with Crippen LogP contribution in [0.2, 0.25) is 0 Å². The maximum Gasteiger partial charge on any atom is 0.253 e. The number of amides is 2. The Kier molecular flexibility index (Phi) is 6.17. The summed E-state index contributed by atoms with van der Waals surface area (Å²) in [5.74, 6) is 1.74. The lowest BCUT2D eigenvalue weighted by Gasteiger charge is -2.33. The molecular formula is C21H30N2O3. The maximum absolute atomic E-state index is 12.4. The number of rotatable bonds is 5. The highest BCUT2D eigenvalue weighted by Gasteiger charge is 2.24. The van der Waals surface area contributed by atoms with Crippen molar-refractivity contribution in [3.05, 3.63) is 29.8 Å². The first kappa shape index (κ1) is 18.7. The Hall–Kier alpha value is -2.04. The van der Waals surface area contributed by atoms with Gasteiger partial charge >= 0.3 is 0 Å². The fourth-order valence-corrected chi connectivity index (χ4v) is 3.70. The van der Waals surface area contributed by atoms with E-state index in [1.807, 2.05) is 47.9 Å². The molecule has 142 valence electrons. The summed E-state index contributed by atoms with van der Waals surface area (Å²) in [6.45, 7) is 7.97. The predicted molar refractivity (Wildman–Crippen MR) is 101 cm³/mol. The van der Waals surface area contributed by atoms with Crippen molar-refractivity contribution in [3.8, 4) is 5.75 Å². The number of nitrogens with zero attached hydrogens (tertiary/aromatic N) is 2. The van der Waals surface area contributed by atoms with Crippen molar-refractivity contribution in [1.29, 1.82) is 0 Å². The standard InChI is InChI=1S/C21H30N2O3/c1-16(2)20(24)23-13-9-17(10-14-23)15-26-19-7-5-18(6-8-19)21(25)22-11-3-4-12-22/h5-8,16-17H,3-4,9-15H2,1-2H3. The van der Waals surface area contributed by atoms with Crippen molar-refractivity contribution in [2.75, 3.05) is 32.8 Å². The normalized spacial score (nSPS) is 18.4. The molecular weight excluding hydrogens is 328 g/mol. The zero-order valence-electron chi connectivity index (χ0n) is 15.9. The number of carbonyl (C=O) groups excluding carboxylic acids is 2. The number of likely N-dealkylation sites (tertiary alicyclic amines) is 2. The highest BCUT2D eigenvalue weighted by Crippen LogP contribution is 2.21. The molecule has 2 saturated heterocycles. The van der Waals surface area contributed by atoms with E-state index in [0.717, 1.165) is 63.2 Å². The van der Waals surface area contributed by atoms with Crippen molar-refractivity contribution < 1.29 is 14.3 Å². The van der Waals surface area contributed by atoms with E-state index in [1.54, 1.807) is 0 Å². The van der Waals surface area contributed by atoms with Gasteiger partial charge in [-0.25, -0.2) is 0 Å². The highest BCUT2D eigenvalue weighted by molar-refractivity contribution is 5.94. The average Bonchev–Trinajstić information content (AvgIpc) is 3.21. The molecule has 0 aromatic heterocycles. The van der Waals surface area contributed by atoms with Crippen molar-refractivity contribution in [2.45, 2.75) is 39.5 Å². The summed E-state index contributed by atoms with van der Waals surface area (Å²) in [5.41, 5.74) is 0.736. The molecule has 0 saturated carbocycles. The van der Waals surface area contributed by atoms with E-state index in [0.29, 0.717) is 12.5 Å². The quantitative estimate of drug-likeness (QED) is 0.812. The number of hydrogen-bond acceptors (Lipinski definition) is 3. The molecule has 0 radical (unpaired) electrons. The summed E-state index contributed by atoms with van der Waals surface area (Å²) in [7, 11) is 0. The van der Waals surface area contributed by atoms with Gasteiger partial charge in [-0.1, -0.05) is 13.8 Å². The van der Waals surface area contributed by atoms with Crippen LogP contribution in [0.1, 0.15) is 49.9 Å². The fraction of sp³-hybridized carbons (Fsp3) is 0.619. The summed E-state index contributed by atoms with van der Waals surface area (Å²) in [4.78, 5) is 28.3. The predicted octanol–water partition coefficient (Wildman–Crippen LogP) is 3.20. The Labute approximate surface area is 156 Å². The van der Waals surface area contributed by atoms with Crippen LogP contribution in [-0.2, 0) is 4.79 Å². The van der Waals surface area contributed by atoms with E-state index in [1.165, 1.54) is 0 Å². The van der Waals surface area contributed by atoms with E-state index in [9.17, 15) is 9.59 Å². The molecule has 1 aromatic rings. The van der Waals surface area contributed by atoms with Crippen molar-refractivity contribution in [2.24, 2.45) is 11.8 Å². The van der Waals surface area contributed by atoms with Crippen LogP contribution >= 0.6 is 0 Å². The van der Waals surface area contributed by atoms with E-state index >= 15 is 0 Å². The monoisotopic (exact) mass is 358 g/mol. The van der Waals surface area contributed by atoms with E-state index in [2.05, 4.69) is 0 Å². The van der Waals surface area contributed by atoms with Crippen LogP contribution in [0.5, 0.6) is 5.75 Å². The fourth-order valence-electron chi connectivity index (χ4n) is 3.70. The minimum atomic E-state index is 0.0737. The molecule has 0 atom stereocenters. The van der Waals surface area contributed by atoms with Crippen LogP contribution in [0, 0.1) is 11.8 Å². The van der Waals surface area contributed by atoms with Crippen LogP contribution in [0.4, 0.5) is 0 Å². The van der Waals surface area contributed by atoms with Crippen LogP contribution in [0.25, 0.3) is 0 Å². The number of ether oxygens (including phenoxy) is 1. The third-order valence-electron chi connectivity index (χ3n) is 5.40. The largest absolute Gasteiger partial charge is 0.493 e. The molecule has 0 aliphatic carbocycles. The molecule has 5 nitrogen and oxygen atoms in total. The van der Waals surface area contributed by atoms with Crippen LogP contribution < -0.4 is 4.74 Å². The molecule has 2 amide bonds. The van der Waals surface area contributed by atoms with Gasteiger partial charge in [-0.05, 0) is 55.9 Å². The number of piperidine rings is 1. The summed E-state index contributed by atoms with van der Waals surface area (Å²) in [6, 6.07) is 7.50. The first-order valence-corrected chi connectivity index (χ1v) is 9.85. The van der Waals surface area contributed by atoms with Crippen LogP contribution in [0.3, 0.4) is 0 Å². The molecule has 3 rings (SSSR count). The van der Waals surface area contributed by atoms with Gasteiger partial charge in [-0.15, -0.1) is 0 Å². The number of benzene rings is 1. The van der Waals surface area contributed by atoms with E-state index in [-0.39, 0.29) is 17.7 Å². The minimum Gasteiger partial charge on any atom is -0.493 e. The zero-order chi connectivity index (χ0) is 18.5. The molecule has 0 spiro atoms. The third kappa shape index (κ3) is 4.57. The molecule has 26 heavy (non-hydrogen) atoms. The Balaban J connectivity index is 1.44. The first-order valence-electron chi connectivity index (χ1n) is 9.85. The Morgan fingerprint density at radius 2 is 1.62 bits per heavy atom. The van der Waals surface area contributed by atoms with Gasteiger partial charge in [0.2, 0.25) is 5.91 Å². The van der Waals surface area contributed by atoms with Gasteiger partial charge in [0.15, 0.2) is 0 Å². The van der Waals surface area contributed by atoms with Gasteiger partial charge in [-0.3, -0.25) is 9.59 Å². The van der Waals surface area contributed by atoms with E-state index in [4.69, 9.17) is 4.74 Å². The molecule has 0 N–H and O–H groups in total. The summed E-state index contributed by atoms with van der Waals surface area (Å²) in [6.07, 6.45) is 4.19. The molecule has 2 heterocycles. The number of hydrogen-bond donors (Lipinski definition) is 0. The highest BCUT2D eigenvalue weighted by atomic mass is 16.5. The Morgan fingerprint density at radius 3 is 2.19 bits per heavy atom. The maximum atomic E-state index is 12.4. The number of carbonyl (C=O) groups is 2. The van der Waals surface area contributed by atoms with Gasteiger partial charge in [0.25, 0.3) is 5.91 Å². The lowest BCUT2D eigenvalue weighted by molar-refractivity contribution is -0.136. The van der Waals surface area contributed by atoms with Gasteiger partial charge < -0.3 is 14.5 Å². The lowest BCUT2D eigenvalue weighted by atomic mass is 9.97. The lowest BCUT2D eigenvalue weighted by Crippen LogP contribution is -2.41. The smallest absolute Gasteiger partial charge is 0.253 e. The summed E-state index contributed by atoms with van der Waals surface area (Å²) < 4.78 is 5.92. The Morgan fingerprint density at radius 1 is 1.00 bits per heavy atom. The second kappa shape index (κ2) is 8.56. The topological polar surface area (TPSA) is 49.9 Å². The summed E-state index contributed by atoms with van der Waals surface area (Å²) >= 11 is 0. The Bertz CT molecular complexity index is 613. The van der Waals surface area contributed by atoms with Gasteiger partial charge in [0.05, 0.1) is 6.61 Å². The molecule has 0 bridgehead atoms. The molecule has 2 aliphatic rings. The van der Waals surface area contributed by atoms with Gasteiger partial charge in [0, 0.05) is 37.7 Å². The average molecular weight is 358 g/mol. The van der Waals surface area contributed by atoms with Crippen molar-refractivity contribution >= 4 is 11.8 Å². The second-order valence-corrected chi connectivity index (χ2v) is 7.76. The molecule has 2 fully saturated rings. The van der Waals surface area contributed by atoms with Crippen molar-refractivity contribution in [3.63, 3.8) is 0 Å². The van der Waals surface area contributed by atoms with E-state index < -0.39 is 0 Å². The zero-order valence-corrected chi connectivity index (χ0v) is 15.9. The van der Waals surface area contributed by atoms with Crippen molar-refractivity contribution in [1.82, 2.24) is 9.80 Å².